The van der Waals surface area contributed by atoms with Crippen LogP contribution in [0.15, 0.2) is 48.5 Å². The van der Waals surface area contributed by atoms with Crippen LogP contribution in [0.4, 0.5) is 5.69 Å². The van der Waals surface area contributed by atoms with E-state index in [-0.39, 0.29) is 5.91 Å². The zero-order valence-corrected chi connectivity index (χ0v) is 14.0. The van der Waals surface area contributed by atoms with Crippen LogP contribution >= 0.6 is 0 Å². The van der Waals surface area contributed by atoms with Gasteiger partial charge in [0.1, 0.15) is 11.5 Å². The lowest BCUT2D eigenvalue weighted by Gasteiger charge is -2.09. The van der Waals surface area contributed by atoms with Crippen molar-refractivity contribution in [2.24, 2.45) is 5.73 Å². The third-order valence-corrected chi connectivity index (χ3v) is 3.50. The highest BCUT2D eigenvalue weighted by atomic mass is 16.5. The van der Waals surface area contributed by atoms with E-state index >= 15 is 0 Å². The molecule has 0 fully saturated rings. The molecule has 2 rings (SSSR count). The number of nitrogens with one attached hydrogen (secondary N) is 1. The van der Waals surface area contributed by atoms with Crippen LogP contribution in [0.5, 0.6) is 11.5 Å². The number of benzene rings is 2. The highest BCUT2D eigenvalue weighted by Gasteiger charge is 2.03. The molecular weight excluding hydrogens is 304 g/mol. The molecule has 0 atom stereocenters. The molecule has 128 valence electrons. The van der Waals surface area contributed by atoms with Gasteiger partial charge >= 0.3 is 0 Å². The number of hydrogen-bond acceptors (Lipinski definition) is 4. The molecule has 5 nitrogen and oxygen atoms in total. The summed E-state index contributed by atoms with van der Waals surface area (Å²) >= 11 is 0. The van der Waals surface area contributed by atoms with Crippen LogP contribution < -0.4 is 15.8 Å². The normalized spacial score (nSPS) is 10.4. The summed E-state index contributed by atoms with van der Waals surface area (Å²) in [6, 6.07) is 15.2. The molecule has 0 aliphatic heterocycles. The van der Waals surface area contributed by atoms with E-state index < -0.39 is 0 Å². The number of ether oxygens (including phenoxy) is 2. The molecular formula is C19H24N2O3. The number of hydrogen-bond donors (Lipinski definition) is 2. The summed E-state index contributed by atoms with van der Waals surface area (Å²) < 4.78 is 10.9. The van der Waals surface area contributed by atoms with Gasteiger partial charge in [-0.3, -0.25) is 4.79 Å². The van der Waals surface area contributed by atoms with Crippen LogP contribution in [0.2, 0.25) is 0 Å². The van der Waals surface area contributed by atoms with Crippen LogP contribution in [0, 0.1) is 0 Å². The largest absolute Gasteiger partial charge is 0.457 e. The van der Waals surface area contributed by atoms with Gasteiger partial charge in [-0.1, -0.05) is 12.1 Å². The molecule has 0 aromatic heterocycles. The Bertz CT molecular complexity index is 624. The summed E-state index contributed by atoms with van der Waals surface area (Å²) in [6.45, 7) is 1.23. The Morgan fingerprint density at radius 1 is 1.04 bits per heavy atom. The number of amides is 1. The second-order valence-electron chi connectivity index (χ2n) is 5.45. The molecule has 1 amide bonds. The second-order valence-corrected chi connectivity index (χ2v) is 5.45. The molecule has 24 heavy (non-hydrogen) atoms. The van der Waals surface area contributed by atoms with Gasteiger partial charge in [0.25, 0.3) is 0 Å². The SMILES string of the molecule is COCCc1ccc(Oc2ccc(NC(=O)CCCN)cc2)cc1. The van der Waals surface area contributed by atoms with Crippen LogP contribution in [0.3, 0.4) is 0 Å². The van der Waals surface area contributed by atoms with Crippen molar-refractivity contribution in [3.05, 3.63) is 54.1 Å². The Morgan fingerprint density at radius 2 is 1.67 bits per heavy atom. The van der Waals surface area contributed by atoms with Gasteiger partial charge in [-0.05, 0) is 61.3 Å². The molecule has 2 aromatic rings. The third-order valence-electron chi connectivity index (χ3n) is 3.50. The molecule has 0 unspecified atom stereocenters. The molecule has 0 spiro atoms. The maximum absolute atomic E-state index is 11.6. The number of nitrogens with two attached hydrogens (primary N) is 1. The summed E-state index contributed by atoms with van der Waals surface area (Å²) in [5.74, 6) is 1.47. The van der Waals surface area contributed by atoms with E-state index in [9.17, 15) is 4.79 Å². The topological polar surface area (TPSA) is 73.6 Å². The minimum atomic E-state index is -0.0271. The van der Waals surface area contributed by atoms with Crippen LogP contribution in [-0.2, 0) is 16.0 Å². The van der Waals surface area contributed by atoms with Gasteiger partial charge < -0.3 is 20.5 Å². The number of rotatable bonds is 9. The first-order chi connectivity index (χ1) is 11.7. The van der Waals surface area contributed by atoms with Gasteiger partial charge in [0.05, 0.1) is 6.61 Å². The third kappa shape index (κ3) is 6.02. The monoisotopic (exact) mass is 328 g/mol. The van der Waals surface area contributed by atoms with Crippen molar-refractivity contribution in [1.29, 1.82) is 0 Å². The van der Waals surface area contributed by atoms with E-state index in [2.05, 4.69) is 5.32 Å². The van der Waals surface area contributed by atoms with E-state index in [0.29, 0.717) is 26.0 Å². The zero-order chi connectivity index (χ0) is 17.2. The smallest absolute Gasteiger partial charge is 0.224 e. The molecule has 0 bridgehead atoms. The van der Waals surface area contributed by atoms with Crippen molar-refractivity contribution in [2.45, 2.75) is 19.3 Å². The first-order valence-corrected chi connectivity index (χ1v) is 8.07. The number of anilines is 1. The molecule has 0 aliphatic carbocycles. The number of carbonyl (C=O) groups excluding carboxylic acids is 1. The fourth-order valence-corrected chi connectivity index (χ4v) is 2.17. The van der Waals surface area contributed by atoms with E-state index in [0.717, 1.165) is 23.6 Å². The van der Waals surface area contributed by atoms with Gasteiger partial charge in [-0.25, -0.2) is 0 Å². The minimum Gasteiger partial charge on any atom is -0.457 e. The predicted octanol–water partition coefficient (Wildman–Crippen LogP) is 3.35. The first-order valence-electron chi connectivity index (χ1n) is 8.07. The summed E-state index contributed by atoms with van der Waals surface area (Å²) in [7, 11) is 1.70. The second kappa shape index (κ2) is 9.70. The molecule has 0 aliphatic rings. The van der Waals surface area contributed by atoms with Crippen LogP contribution in [0.25, 0.3) is 0 Å². The zero-order valence-electron chi connectivity index (χ0n) is 14.0. The Kier molecular flexibility index (Phi) is 7.26. The summed E-state index contributed by atoms with van der Waals surface area (Å²) in [5.41, 5.74) is 7.35. The molecule has 3 N–H and O–H groups in total. The van der Waals surface area contributed by atoms with Crippen LogP contribution in [0.1, 0.15) is 18.4 Å². The van der Waals surface area contributed by atoms with Gasteiger partial charge in [0.15, 0.2) is 0 Å². The first kappa shape index (κ1) is 18.0. The summed E-state index contributed by atoms with van der Waals surface area (Å²) in [6.07, 6.45) is 2.01. The van der Waals surface area contributed by atoms with Gasteiger partial charge in [0.2, 0.25) is 5.91 Å². The van der Waals surface area contributed by atoms with Gasteiger partial charge in [-0.2, -0.15) is 0 Å². The van der Waals surface area contributed by atoms with Crippen molar-refractivity contribution < 1.29 is 14.3 Å². The molecule has 0 radical (unpaired) electrons. The van der Waals surface area contributed by atoms with Crippen molar-refractivity contribution in [2.75, 3.05) is 25.6 Å². The van der Waals surface area contributed by atoms with Crippen molar-refractivity contribution >= 4 is 11.6 Å². The fraction of sp³-hybridized carbons (Fsp3) is 0.316. The molecule has 0 saturated carbocycles. The Balaban J connectivity index is 1.88. The fourth-order valence-electron chi connectivity index (χ4n) is 2.17. The van der Waals surface area contributed by atoms with Crippen molar-refractivity contribution in [3.63, 3.8) is 0 Å². The average Bonchev–Trinajstić information content (AvgIpc) is 2.61. The standard InChI is InChI=1S/C19H24N2O3/c1-23-14-12-15-4-8-17(9-5-15)24-18-10-6-16(7-11-18)21-19(22)3-2-13-20/h4-11H,2-3,12-14,20H2,1H3,(H,21,22). The average molecular weight is 328 g/mol. The maximum Gasteiger partial charge on any atom is 0.224 e. The van der Waals surface area contributed by atoms with E-state index in [1.807, 2.05) is 48.5 Å². The molecule has 2 aromatic carbocycles. The number of methoxy groups -OCH3 is 1. The predicted molar refractivity (Wildman–Crippen MR) is 95.5 cm³/mol. The maximum atomic E-state index is 11.6. The summed E-state index contributed by atoms with van der Waals surface area (Å²) in [4.78, 5) is 11.6. The Hall–Kier alpha value is -2.37. The Morgan fingerprint density at radius 3 is 2.25 bits per heavy atom. The molecule has 0 heterocycles. The molecule has 0 saturated heterocycles. The molecule has 5 heteroatoms. The highest BCUT2D eigenvalue weighted by Crippen LogP contribution is 2.23. The lowest BCUT2D eigenvalue weighted by molar-refractivity contribution is -0.116. The van der Waals surface area contributed by atoms with E-state index in [1.165, 1.54) is 5.56 Å². The van der Waals surface area contributed by atoms with Gasteiger partial charge in [0, 0.05) is 19.2 Å². The van der Waals surface area contributed by atoms with Crippen LogP contribution in [-0.4, -0.2) is 26.2 Å². The van der Waals surface area contributed by atoms with Crippen molar-refractivity contribution in [3.8, 4) is 11.5 Å². The minimum absolute atomic E-state index is 0.0271. The highest BCUT2D eigenvalue weighted by molar-refractivity contribution is 5.90. The quantitative estimate of drug-likeness (QED) is 0.740. The van der Waals surface area contributed by atoms with Gasteiger partial charge in [-0.15, -0.1) is 0 Å². The van der Waals surface area contributed by atoms with E-state index in [4.69, 9.17) is 15.2 Å². The summed E-state index contributed by atoms with van der Waals surface area (Å²) in [5, 5.41) is 2.83. The number of carbonyl (C=O) groups is 1. The Labute approximate surface area is 142 Å². The van der Waals surface area contributed by atoms with E-state index in [1.54, 1.807) is 7.11 Å². The lowest BCUT2D eigenvalue weighted by Crippen LogP contribution is -2.13. The lowest BCUT2D eigenvalue weighted by atomic mass is 10.1. The van der Waals surface area contributed by atoms with Crippen molar-refractivity contribution in [1.82, 2.24) is 0 Å².